The van der Waals surface area contributed by atoms with Gasteiger partial charge in [0.25, 0.3) is 0 Å². The quantitative estimate of drug-likeness (QED) is 0.695. The first kappa shape index (κ1) is 8.48. The van der Waals surface area contributed by atoms with Crippen LogP contribution in [0.3, 0.4) is 0 Å². The lowest BCUT2D eigenvalue weighted by atomic mass is 10.1. The number of thiazole rings is 1. The monoisotopic (exact) mass is 202 g/mol. The maximum atomic E-state index is 5.82. The third-order valence-corrected chi connectivity index (χ3v) is 3.51. The fraction of sp³-hybridized carbons (Fsp3) is 0.625. The summed E-state index contributed by atoms with van der Waals surface area (Å²) in [6.45, 7) is 2.31. The van der Waals surface area contributed by atoms with Crippen LogP contribution >= 0.6 is 22.9 Å². The molecule has 1 unspecified atom stereocenters. The summed E-state index contributed by atoms with van der Waals surface area (Å²) in [6, 6.07) is 0. The van der Waals surface area contributed by atoms with Crippen molar-refractivity contribution in [2.45, 2.75) is 12.3 Å². The van der Waals surface area contributed by atoms with Gasteiger partial charge in [-0.2, -0.15) is 0 Å². The molecule has 1 saturated heterocycles. The van der Waals surface area contributed by atoms with Gasteiger partial charge in [0.15, 0.2) is 0 Å². The van der Waals surface area contributed by atoms with Crippen LogP contribution in [0.2, 0.25) is 4.34 Å². The molecule has 1 aromatic rings. The Kier molecular flexibility index (Phi) is 2.35. The molecule has 0 N–H and O–H groups in total. The topological polar surface area (TPSA) is 16.1 Å². The van der Waals surface area contributed by atoms with Gasteiger partial charge in [0.2, 0.25) is 0 Å². The molecule has 1 fully saturated rings. The number of rotatable bonds is 1. The molecule has 0 aromatic carbocycles. The van der Waals surface area contributed by atoms with E-state index >= 15 is 0 Å². The summed E-state index contributed by atoms with van der Waals surface area (Å²) in [4.78, 5) is 6.63. The minimum absolute atomic E-state index is 0.618. The van der Waals surface area contributed by atoms with E-state index in [0.29, 0.717) is 5.92 Å². The van der Waals surface area contributed by atoms with Crippen LogP contribution < -0.4 is 0 Å². The summed E-state index contributed by atoms with van der Waals surface area (Å²) < 4.78 is 0.805. The van der Waals surface area contributed by atoms with E-state index in [4.69, 9.17) is 11.6 Å². The molecule has 12 heavy (non-hydrogen) atoms. The maximum absolute atomic E-state index is 5.82. The van der Waals surface area contributed by atoms with Crippen molar-refractivity contribution in [2.24, 2.45) is 0 Å². The molecule has 0 radical (unpaired) electrons. The minimum Gasteiger partial charge on any atom is -0.306 e. The van der Waals surface area contributed by atoms with E-state index in [0.717, 1.165) is 10.9 Å². The molecule has 1 aliphatic heterocycles. The van der Waals surface area contributed by atoms with E-state index in [-0.39, 0.29) is 0 Å². The molecular formula is C8H11ClN2S. The molecule has 4 heteroatoms. The molecule has 2 heterocycles. The molecule has 0 aliphatic carbocycles. The first-order valence-electron chi connectivity index (χ1n) is 4.05. The molecule has 1 aliphatic rings. The predicted octanol–water partition coefficient (Wildman–Crippen LogP) is 2.22. The van der Waals surface area contributed by atoms with Gasteiger partial charge in [-0.15, -0.1) is 11.3 Å². The average Bonchev–Trinajstić information content (AvgIpc) is 2.58. The Labute approximate surface area is 81.2 Å². The van der Waals surface area contributed by atoms with Crippen LogP contribution in [0.5, 0.6) is 0 Å². The zero-order valence-electron chi connectivity index (χ0n) is 6.96. The Morgan fingerprint density at radius 2 is 2.58 bits per heavy atom. The number of halogens is 1. The van der Waals surface area contributed by atoms with E-state index in [1.54, 1.807) is 17.5 Å². The normalized spacial score (nSPS) is 25.0. The van der Waals surface area contributed by atoms with Gasteiger partial charge in [0.1, 0.15) is 4.34 Å². The maximum Gasteiger partial charge on any atom is 0.113 e. The summed E-state index contributed by atoms with van der Waals surface area (Å²) in [5.74, 6) is 0.618. The predicted molar refractivity (Wildman–Crippen MR) is 52.0 cm³/mol. The Balaban J connectivity index is 2.11. The zero-order valence-corrected chi connectivity index (χ0v) is 8.53. The van der Waals surface area contributed by atoms with Crippen molar-refractivity contribution in [3.63, 3.8) is 0 Å². The molecule has 0 bridgehead atoms. The lowest BCUT2D eigenvalue weighted by molar-refractivity contribution is 0.411. The molecule has 2 rings (SSSR count). The number of aromatic nitrogens is 1. The number of hydrogen-bond donors (Lipinski definition) is 0. The molecule has 66 valence electrons. The van der Waals surface area contributed by atoms with Crippen molar-refractivity contribution in [3.8, 4) is 0 Å². The molecular weight excluding hydrogens is 192 g/mol. The first-order valence-corrected chi connectivity index (χ1v) is 5.25. The highest BCUT2D eigenvalue weighted by Gasteiger charge is 2.23. The van der Waals surface area contributed by atoms with Crippen molar-refractivity contribution >= 4 is 22.9 Å². The second kappa shape index (κ2) is 3.32. The summed E-state index contributed by atoms with van der Waals surface area (Å²) in [5, 5.41) is 1.20. The van der Waals surface area contributed by atoms with Gasteiger partial charge in [-0.3, -0.25) is 0 Å². The third-order valence-electron chi connectivity index (χ3n) is 2.24. The molecule has 2 nitrogen and oxygen atoms in total. The van der Waals surface area contributed by atoms with E-state index in [1.807, 2.05) is 0 Å². The second-order valence-electron chi connectivity index (χ2n) is 3.25. The van der Waals surface area contributed by atoms with Crippen LogP contribution in [-0.4, -0.2) is 30.0 Å². The zero-order chi connectivity index (χ0) is 8.55. The number of likely N-dealkylation sites (N-methyl/N-ethyl adjacent to an activating group) is 1. The second-order valence-corrected chi connectivity index (χ2v) is 4.94. The van der Waals surface area contributed by atoms with Crippen LogP contribution in [0.1, 0.15) is 17.3 Å². The number of hydrogen-bond acceptors (Lipinski definition) is 3. The summed E-state index contributed by atoms with van der Waals surface area (Å²) in [7, 11) is 2.15. The minimum atomic E-state index is 0.618. The molecule has 1 aromatic heterocycles. The lowest BCUT2D eigenvalue weighted by Gasteiger charge is -2.06. The Morgan fingerprint density at radius 3 is 3.08 bits per heavy atom. The molecule has 0 spiro atoms. The Morgan fingerprint density at radius 1 is 1.75 bits per heavy atom. The van der Waals surface area contributed by atoms with E-state index < -0.39 is 0 Å². The highest BCUT2D eigenvalue weighted by molar-refractivity contribution is 7.15. The fourth-order valence-electron chi connectivity index (χ4n) is 1.59. The first-order chi connectivity index (χ1) is 5.75. The van der Waals surface area contributed by atoms with Crippen LogP contribution in [0.25, 0.3) is 0 Å². The Bertz CT molecular complexity index is 274. The standard InChI is InChI=1S/C8H11ClN2S/c1-11-3-2-6(5-11)8-10-4-7(9)12-8/h4,6H,2-3,5H2,1H3. The summed E-state index contributed by atoms with van der Waals surface area (Å²) in [5.41, 5.74) is 0. The van der Waals surface area contributed by atoms with E-state index in [9.17, 15) is 0 Å². The average molecular weight is 203 g/mol. The van der Waals surface area contributed by atoms with Gasteiger partial charge in [-0.1, -0.05) is 11.6 Å². The molecule has 1 atom stereocenters. The summed E-state index contributed by atoms with van der Waals surface area (Å²) >= 11 is 7.43. The largest absolute Gasteiger partial charge is 0.306 e. The molecule has 0 amide bonds. The van der Waals surface area contributed by atoms with Crippen molar-refractivity contribution in [1.82, 2.24) is 9.88 Å². The number of nitrogens with zero attached hydrogens (tertiary/aromatic N) is 2. The van der Waals surface area contributed by atoms with Crippen LogP contribution in [0, 0.1) is 0 Å². The van der Waals surface area contributed by atoms with Crippen LogP contribution in [0.15, 0.2) is 6.20 Å². The van der Waals surface area contributed by atoms with Crippen LogP contribution in [-0.2, 0) is 0 Å². The smallest absolute Gasteiger partial charge is 0.113 e. The SMILES string of the molecule is CN1CCC(c2ncc(Cl)s2)C1. The highest BCUT2D eigenvalue weighted by Crippen LogP contribution is 2.31. The lowest BCUT2D eigenvalue weighted by Crippen LogP contribution is -2.13. The number of likely N-dealkylation sites (tertiary alicyclic amines) is 1. The van der Waals surface area contributed by atoms with Crippen molar-refractivity contribution < 1.29 is 0 Å². The van der Waals surface area contributed by atoms with Crippen LogP contribution in [0.4, 0.5) is 0 Å². The van der Waals surface area contributed by atoms with Crippen molar-refractivity contribution in [1.29, 1.82) is 0 Å². The highest BCUT2D eigenvalue weighted by atomic mass is 35.5. The fourth-order valence-corrected chi connectivity index (χ4v) is 2.65. The van der Waals surface area contributed by atoms with Gasteiger partial charge in [-0.25, -0.2) is 4.98 Å². The third kappa shape index (κ3) is 1.63. The van der Waals surface area contributed by atoms with Gasteiger partial charge in [0, 0.05) is 12.5 Å². The van der Waals surface area contributed by atoms with Crippen molar-refractivity contribution in [2.75, 3.05) is 20.1 Å². The summed E-state index contributed by atoms with van der Waals surface area (Å²) in [6.07, 6.45) is 2.97. The van der Waals surface area contributed by atoms with Crippen molar-refractivity contribution in [3.05, 3.63) is 15.5 Å². The molecule has 0 saturated carbocycles. The van der Waals surface area contributed by atoms with Gasteiger partial charge < -0.3 is 4.90 Å². The Hall–Kier alpha value is -0.120. The van der Waals surface area contributed by atoms with E-state index in [1.165, 1.54) is 18.0 Å². The van der Waals surface area contributed by atoms with Gasteiger partial charge in [-0.05, 0) is 20.0 Å². The van der Waals surface area contributed by atoms with E-state index in [2.05, 4.69) is 16.9 Å². The van der Waals surface area contributed by atoms with Gasteiger partial charge in [0.05, 0.1) is 11.2 Å². The van der Waals surface area contributed by atoms with Gasteiger partial charge >= 0.3 is 0 Å².